The van der Waals surface area contributed by atoms with E-state index in [9.17, 15) is 0 Å². The summed E-state index contributed by atoms with van der Waals surface area (Å²) in [6, 6.07) is 6.00. The molecule has 5 nitrogen and oxygen atoms in total. The van der Waals surface area contributed by atoms with Crippen LogP contribution in [0.4, 0.5) is 0 Å². The van der Waals surface area contributed by atoms with Crippen molar-refractivity contribution in [2.75, 3.05) is 41.0 Å². The number of nitrogens with one attached hydrogen (secondary N) is 1. The van der Waals surface area contributed by atoms with Crippen LogP contribution in [0.5, 0.6) is 11.5 Å². The van der Waals surface area contributed by atoms with Crippen LogP contribution < -0.4 is 14.8 Å². The lowest BCUT2D eigenvalue weighted by Gasteiger charge is -2.22. The minimum atomic E-state index is 0.298. The number of rotatable bonds is 7. The Bertz CT molecular complexity index is 519. The highest BCUT2D eigenvalue weighted by atomic mass is 32.1. The maximum Gasteiger partial charge on any atom is 0.168 e. The molecule has 1 heterocycles. The third-order valence-electron chi connectivity index (χ3n) is 4.04. The van der Waals surface area contributed by atoms with Crippen molar-refractivity contribution >= 4 is 17.3 Å². The van der Waals surface area contributed by atoms with Crippen molar-refractivity contribution in [1.29, 1.82) is 0 Å². The van der Waals surface area contributed by atoms with E-state index in [1.54, 1.807) is 14.2 Å². The fourth-order valence-corrected chi connectivity index (χ4v) is 2.75. The normalized spacial score (nSPS) is 16.9. The van der Waals surface area contributed by atoms with E-state index in [4.69, 9.17) is 26.4 Å². The van der Waals surface area contributed by atoms with Gasteiger partial charge in [0.1, 0.15) is 0 Å². The van der Waals surface area contributed by atoms with Crippen LogP contribution in [0.3, 0.4) is 0 Å². The molecule has 0 aromatic heterocycles. The average Bonchev–Trinajstić information content (AvgIpc) is 3.10. The van der Waals surface area contributed by atoms with Gasteiger partial charge in [-0.3, -0.25) is 0 Å². The molecule has 2 rings (SSSR count). The summed E-state index contributed by atoms with van der Waals surface area (Å²) in [6.45, 7) is 2.50. The highest BCUT2D eigenvalue weighted by Gasteiger charge is 2.16. The van der Waals surface area contributed by atoms with Crippen molar-refractivity contribution in [3.8, 4) is 11.5 Å². The number of hydrogen-bond donors (Lipinski definition) is 1. The quantitative estimate of drug-likeness (QED) is 0.769. The molecule has 0 aliphatic carbocycles. The van der Waals surface area contributed by atoms with Crippen LogP contribution in [0.1, 0.15) is 18.4 Å². The van der Waals surface area contributed by atoms with E-state index in [0.717, 1.165) is 55.6 Å². The number of thiocarbonyl (C=S) groups is 1. The maximum atomic E-state index is 5.59. The highest BCUT2D eigenvalue weighted by Crippen LogP contribution is 2.27. The number of likely N-dealkylation sites (N-methyl/N-ethyl adjacent to an activating group) is 1. The lowest BCUT2D eigenvalue weighted by Crippen LogP contribution is -2.41. The van der Waals surface area contributed by atoms with Crippen molar-refractivity contribution in [3.63, 3.8) is 0 Å². The summed E-state index contributed by atoms with van der Waals surface area (Å²) >= 11 is 5.43. The molecule has 128 valence electrons. The molecule has 1 N–H and O–H groups in total. The van der Waals surface area contributed by atoms with E-state index in [0.29, 0.717) is 6.10 Å². The molecule has 1 atom stereocenters. The Hall–Kier alpha value is -1.53. The molecule has 1 aliphatic rings. The second-order valence-electron chi connectivity index (χ2n) is 5.68. The van der Waals surface area contributed by atoms with Gasteiger partial charge in [-0.25, -0.2) is 0 Å². The summed E-state index contributed by atoms with van der Waals surface area (Å²) in [5.41, 5.74) is 1.19. The Morgan fingerprint density at radius 2 is 2.13 bits per heavy atom. The van der Waals surface area contributed by atoms with Crippen molar-refractivity contribution in [2.24, 2.45) is 0 Å². The number of nitrogens with zero attached hydrogens (tertiary/aromatic N) is 1. The first kappa shape index (κ1) is 17.8. The molecule has 0 saturated carbocycles. The Morgan fingerprint density at radius 1 is 1.35 bits per heavy atom. The van der Waals surface area contributed by atoms with Gasteiger partial charge >= 0.3 is 0 Å². The van der Waals surface area contributed by atoms with Gasteiger partial charge in [0, 0.05) is 26.7 Å². The molecule has 0 unspecified atom stereocenters. The van der Waals surface area contributed by atoms with E-state index >= 15 is 0 Å². The molecule has 23 heavy (non-hydrogen) atoms. The predicted molar refractivity (Wildman–Crippen MR) is 95.5 cm³/mol. The Morgan fingerprint density at radius 3 is 2.78 bits per heavy atom. The summed E-state index contributed by atoms with van der Waals surface area (Å²) in [4.78, 5) is 2.06. The van der Waals surface area contributed by atoms with Gasteiger partial charge in [0.25, 0.3) is 0 Å². The Balaban J connectivity index is 1.78. The molecule has 6 heteroatoms. The molecular weight excluding hydrogens is 312 g/mol. The summed E-state index contributed by atoms with van der Waals surface area (Å²) in [7, 11) is 5.30. The molecule has 0 amide bonds. The number of hydrogen-bond acceptors (Lipinski definition) is 4. The summed E-state index contributed by atoms with van der Waals surface area (Å²) in [5.74, 6) is 1.50. The fraction of sp³-hybridized carbons (Fsp3) is 0.588. The van der Waals surface area contributed by atoms with Crippen LogP contribution in [0.2, 0.25) is 0 Å². The first-order valence-corrected chi connectivity index (χ1v) is 8.36. The summed E-state index contributed by atoms with van der Waals surface area (Å²) in [6.07, 6.45) is 3.45. The molecule has 1 fully saturated rings. The number of ether oxygens (including phenoxy) is 3. The zero-order valence-electron chi connectivity index (χ0n) is 14.1. The second kappa shape index (κ2) is 8.93. The second-order valence-corrected chi connectivity index (χ2v) is 6.07. The van der Waals surface area contributed by atoms with E-state index in [2.05, 4.69) is 16.3 Å². The van der Waals surface area contributed by atoms with Crippen molar-refractivity contribution in [1.82, 2.24) is 10.2 Å². The molecule has 0 spiro atoms. The van der Waals surface area contributed by atoms with Crippen LogP contribution >= 0.6 is 12.2 Å². The van der Waals surface area contributed by atoms with Gasteiger partial charge in [-0.15, -0.1) is 0 Å². The smallest absolute Gasteiger partial charge is 0.168 e. The SMILES string of the molecule is COc1ccc(CCN(C)C(=S)NC[C@@H]2CCCO2)cc1OC. The van der Waals surface area contributed by atoms with Crippen molar-refractivity contribution in [2.45, 2.75) is 25.4 Å². The highest BCUT2D eigenvalue weighted by molar-refractivity contribution is 7.80. The standard InChI is InChI=1S/C17H26N2O3S/c1-19(17(23)18-12-14-5-4-10-22-14)9-8-13-6-7-15(20-2)16(11-13)21-3/h6-7,11,14H,4-5,8-10,12H2,1-3H3,(H,18,23)/t14-/m0/s1. The zero-order valence-corrected chi connectivity index (χ0v) is 14.9. The van der Waals surface area contributed by atoms with Gasteiger partial charge in [0.2, 0.25) is 0 Å². The minimum absolute atomic E-state index is 0.298. The molecule has 0 radical (unpaired) electrons. The number of benzene rings is 1. The summed E-state index contributed by atoms with van der Waals surface area (Å²) in [5, 5.41) is 4.05. The first-order chi connectivity index (χ1) is 11.1. The average molecular weight is 338 g/mol. The Kier molecular flexibility index (Phi) is 6.92. The van der Waals surface area contributed by atoms with Crippen molar-refractivity contribution < 1.29 is 14.2 Å². The van der Waals surface area contributed by atoms with Crippen LogP contribution in [0, 0.1) is 0 Å². The largest absolute Gasteiger partial charge is 0.493 e. The maximum absolute atomic E-state index is 5.59. The van der Waals surface area contributed by atoms with E-state index < -0.39 is 0 Å². The monoisotopic (exact) mass is 338 g/mol. The van der Waals surface area contributed by atoms with Gasteiger partial charge in [0.15, 0.2) is 16.6 Å². The number of methoxy groups -OCH3 is 2. The van der Waals surface area contributed by atoms with Crippen LogP contribution in [0.15, 0.2) is 18.2 Å². The lowest BCUT2D eigenvalue weighted by atomic mass is 10.1. The molecule has 1 saturated heterocycles. The van der Waals surface area contributed by atoms with E-state index in [1.165, 1.54) is 5.56 Å². The van der Waals surface area contributed by atoms with Gasteiger partial charge < -0.3 is 24.4 Å². The van der Waals surface area contributed by atoms with Gasteiger partial charge in [-0.05, 0) is 49.2 Å². The van der Waals surface area contributed by atoms with Gasteiger partial charge in [-0.2, -0.15) is 0 Å². The van der Waals surface area contributed by atoms with E-state index in [-0.39, 0.29) is 0 Å². The molecule has 1 aromatic carbocycles. The molecular formula is C17H26N2O3S. The van der Waals surface area contributed by atoms with Crippen LogP contribution in [-0.2, 0) is 11.2 Å². The third-order valence-corrected chi connectivity index (χ3v) is 4.49. The molecule has 1 aliphatic heterocycles. The Labute approximate surface area is 143 Å². The van der Waals surface area contributed by atoms with Gasteiger partial charge in [0.05, 0.1) is 20.3 Å². The zero-order chi connectivity index (χ0) is 16.7. The van der Waals surface area contributed by atoms with Gasteiger partial charge in [-0.1, -0.05) is 6.07 Å². The third kappa shape index (κ3) is 5.25. The lowest BCUT2D eigenvalue weighted by molar-refractivity contribution is 0.113. The predicted octanol–water partition coefficient (Wildman–Crippen LogP) is 2.23. The van der Waals surface area contributed by atoms with E-state index in [1.807, 2.05) is 19.2 Å². The first-order valence-electron chi connectivity index (χ1n) is 7.95. The summed E-state index contributed by atoms with van der Waals surface area (Å²) < 4.78 is 16.2. The topological polar surface area (TPSA) is 43.0 Å². The van der Waals surface area contributed by atoms with Crippen LogP contribution in [0.25, 0.3) is 0 Å². The minimum Gasteiger partial charge on any atom is -0.493 e. The fourth-order valence-electron chi connectivity index (χ4n) is 2.58. The molecule has 1 aromatic rings. The van der Waals surface area contributed by atoms with Crippen LogP contribution in [-0.4, -0.2) is 57.1 Å². The molecule has 0 bridgehead atoms. The van der Waals surface area contributed by atoms with Crippen molar-refractivity contribution in [3.05, 3.63) is 23.8 Å².